The molecule has 1 aliphatic rings. The van der Waals surface area contributed by atoms with Crippen LogP contribution in [0.25, 0.3) is 0 Å². The lowest BCUT2D eigenvalue weighted by Crippen LogP contribution is -2.27. The van der Waals surface area contributed by atoms with E-state index in [0.29, 0.717) is 5.56 Å². The van der Waals surface area contributed by atoms with Crippen LogP contribution >= 0.6 is 0 Å². The first-order chi connectivity index (χ1) is 8.27. The third-order valence-electron chi connectivity index (χ3n) is 2.43. The van der Waals surface area contributed by atoms with E-state index in [1.807, 2.05) is 6.07 Å². The molecule has 1 aromatic carbocycles. The number of ether oxygens (including phenoxy) is 1. The van der Waals surface area contributed by atoms with E-state index in [1.54, 1.807) is 26.0 Å². The summed E-state index contributed by atoms with van der Waals surface area (Å²) in [5.41, 5.74) is 1.76. The Kier molecular flexibility index (Phi) is 2.88. The summed E-state index contributed by atoms with van der Waals surface area (Å²) in [6.45, 7) is 3.58. The van der Waals surface area contributed by atoms with Crippen molar-refractivity contribution in [1.29, 1.82) is 0 Å². The highest BCUT2D eigenvalue weighted by Crippen LogP contribution is 2.28. The summed E-state index contributed by atoms with van der Waals surface area (Å²) in [5.74, 6) is -1.04. The van der Waals surface area contributed by atoms with Crippen molar-refractivity contribution in [3.8, 4) is 0 Å². The molecule has 3 nitrogen and oxygen atoms in total. The fourth-order valence-electron chi connectivity index (χ4n) is 1.80. The number of hydrogen-bond donors (Lipinski definition) is 0. The Bertz CT molecular complexity index is 514. The summed E-state index contributed by atoms with van der Waals surface area (Å²) < 4.78 is 41.4. The van der Waals surface area contributed by atoms with Gasteiger partial charge in [0.1, 0.15) is 0 Å². The van der Waals surface area contributed by atoms with Gasteiger partial charge in [0.2, 0.25) is 0 Å². The summed E-state index contributed by atoms with van der Waals surface area (Å²) in [7, 11) is 0. The second-order valence-electron chi connectivity index (χ2n) is 4.15. The molecule has 1 unspecified atom stereocenters. The van der Waals surface area contributed by atoms with E-state index in [-0.39, 0.29) is 5.71 Å². The molecule has 0 bridgehead atoms. The van der Waals surface area contributed by atoms with Crippen molar-refractivity contribution in [1.82, 2.24) is 0 Å². The molecule has 0 spiro atoms. The SMILES string of the molecule is Cc1cc(C)cc(C2=NC(C(F)(F)F)OC2=O)c1. The quantitative estimate of drug-likeness (QED) is 0.725. The normalized spacial score (nSPS) is 19.7. The summed E-state index contributed by atoms with van der Waals surface area (Å²) >= 11 is 0. The van der Waals surface area contributed by atoms with Crippen LogP contribution in [-0.2, 0) is 9.53 Å². The number of aryl methyl sites for hydroxylation is 2. The number of cyclic esters (lactones) is 1. The lowest BCUT2D eigenvalue weighted by atomic mass is 10.0. The highest BCUT2D eigenvalue weighted by Gasteiger charge is 2.47. The van der Waals surface area contributed by atoms with Crippen molar-refractivity contribution in [3.63, 3.8) is 0 Å². The fourth-order valence-corrected chi connectivity index (χ4v) is 1.80. The third kappa shape index (κ3) is 2.37. The van der Waals surface area contributed by atoms with E-state index in [1.165, 1.54) is 0 Å². The number of halogens is 3. The van der Waals surface area contributed by atoms with Crippen LogP contribution in [0.3, 0.4) is 0 Å². The molecule has 6 heteroatoms. The molecule has 0 saturated carbocycles. The predicted octanol–water partition coefficient (Wildman–Crippen LogP) is 2.54. The van der Waals surface area contributed by atoms with Crippen LogP contribution in [0.2, 0.25) is 0 Å². The van der Waals surface area contributed by atoms with Crippen LogP contribution in [-0.4, -0.2) is 24.1 Å². The fraction of sp³-hybridized carbons (Fsp3) is 0.333. The lowest BCUT2D eigenvalue weighted by Gasteiger charge is -2.09. The molecule has 0 aromatic heterocycles. The average molecular weight is 257 g/mol. The van der Waals surface area contributed by atoms with Crippen LogP contribution < -0.4 is 0 Å². The van der Waals surface area contributed by atoms with Crippen LogP contribution in [0.1, 0.15) is 16.7 Å². The van der Waals surface area contributed by atoms with Crippen molar-refractivity contribution >= 4 is 11.7 Å². The lowest BCUT2D eigenvalue weighted by molar-refractivity contribution is -0.210. The molecule has 1 aromatic rings. The molecule has 1 heterocycles. The number of hydrogen-bond acceptors (Lipinski definition) is 3. The molecule has 0 amide bonds. The number of aliphatic imine (C=N–C) groups is 1. The molecular weight excluding hydrogens is 247 g/mol. The highest BCUT2D eigenvalue weighted by atomic mass is 19.4. The Labute approximate surface area is 101 Å². The van der Waals surface area contributed by atoms with Crippen LogP contribution in [0.4, 0.5) is 13.2 Å². The van der Waals surface area contributed by atoms with Gasteiger partial charge in [-0.2, -0.15) is 13.2 Å². The van der Waals surface area contributed by atoms with E-state index in [4.69, 9.17) is 0 Å². The second-order valence-corrected chi connectivity index (χ2v) is 4.15. The van der Waals surface area contributed by atoms with E-state index in [0.717, 1.165) is 11.1 Å². The second kappa shape index (κ2) is 4.12. The van der Waals surface area contributed by atoms with Crippen molar-refractivity contribution in [2.45, 2.75) is 26.3 Å². The van der Waals surface area contributed by atoms with Gasteiger partial charge in [-0.3, -0.25) is 0 Å². The number of carbonyl (C=O) groups excluding carboxylic acids is 1. The van der Waals surface area contributed by atoms with Gasteiger partial charge in [0.25, 0.3) is 6.23 Å². The van der Waals surface area contributed by atoms with Crippen LogP contribution in [0.5, 0.6) is 0 Å². The average Bonchev–Trinajstić information content (AvgIpc) is 2.58. The smallest absolute Gasteiger partial charge is 0.425 e. The van der Waals surface area contributed by atoms with Gasteiger partial charge in [0.05, 0.1) is 0 Å². The van der Waals surface area contributed by atoms with Crippen LogP contribution in [0.15, 0.2) is 23.2 Å². The Hall–Kier alpha value is -1.85. The Balaban J connectivity index is 2.41. The first-order valence-corrected chi connectivity index (χ1v) is 5.21. The minimum atomic E-state index is -4.67. The van der Waals surface area contributed by atoms with Crippen molar-refractivity contribution in [3.05, 3.63) is 34.9 Å². The summed E-state index contributed by atoms with van der Waals surface area (Å²) in [5, 5.41) is 0. The molecule has 2 rings (SSSR count). The molecule has 0 saturated heterocycles. The first kappa shape index (κ1) is 12.6. The molecule has 1 aliphatic heterocycles. The Morgan fingerprint density at radius 3 is 2.17 bits per heavy atom. The van der Waals surface area contributed by atoms with Gasteiger partial charge < -0.3 is 4.74 Å². The molecule has 0 N–H and O–H groups in total. The maximum Gasteiger partial charge on any atom is 0.447 e. The number of nitrogens with zero attached hydrogens (tertiary/aromatic N) is 1. The topological polar surface area (TPSA) is 38.7 Å². The maximum absolute atomic E-state index is 12.4. The van der Waals surface area contributed by atoms with Gasteiger partial charge in [-0.15, -0.1) is 0 Å². The maximum atomic E-state index is 12.4. The van der Waals surface area contributed by atoms with Crippen LogP contribution in [0, 0.1) is 13.8 Å². The van der Waals surface area contributed by atoms with Gasteiger partial charge in [0.15, 0.2) is 5.71 Å². The summed E-state index contributed by atoms with van der Waals surface area (Å²) in [6.07, 6.45) is -7.06. The molecular formula is C12H10F3NO2. The van der Waals surface area contributed by atoms with Crippen molar-refractivity contribution in [2.75, 3.05) is 0 Å². The van der Waals surface area contributed by atoms with Gasteiger partial charge in [-0.05, 0) is 26.0 Å². The first-order valence-electron chi connectivity index (χ1n) is 5.21. The zero-order valence-corrected chi connectivity index (χ0v) is 9.71. The summed E-state index contributed by atoms with van der Waals surface area (Å²) in [6, 6.07) is 5.06. The largest absolute Gasteiger partial charge is 0.447 e. The predicted molar refractivity (Wildman–Crippen MR) is 58.4 cm³/mol. The Morgan fingerprint density at radius 2 is 1.72 bits per heavy atom. The van der Waals surface area contributed by atoms with E-state index < -0.39 is 18.4 Å². The molecule has 18 heavy (non-hydrogen) atoms. The van der Waals surface area contributed by atoms with Gasteiger partial charge in [0, 0.05) is 5.56 Å². The van der Waals surface area contributed by atoms with E-state index >= 15 is 0 Å². The molecule has 0 radical (unpaired) electrons. The molecule has 1 atom stereocenters. The van der Waals surface area contributed by atoms with Gasteiger partial charge in [-0.25, -0.2) is 9.79 Å². The number of esters is 1. The third-order valence-corrected chi connectivity index (χ3v) is 2.43. The molecule has 0 aliphatic carbocycles. The molecule has 96 valence electrons. The standard InChI is InChI=1S/C12H10F3NO2/c1-6-3-7(2)5-8(4-6)9-10(17)18-11(16-9)12(13,14)15/h3-5,11H,1-2H3. The number of carbonyl (C=O) groups is 1. The van der Waals surface area contributed by atoms with E-state index in [2.05, 4.69) is 9.73 Å². The monoisotopic (exact) mass is 257 g/mol. The number of rotatable bonds is 1. The number of benzene rings is 1. The van der Waals surface area contributed by atoms with Gasteiger partial charge in [-0.1, -0.05) is 17.2 Å². The molecule has 0 fully saturated rings. The number of alkyl halides is 3. The Morgan fingerprint density at radius 1 is 1.17 bits per heavy atom. The minimum Gasteiger partial charge on any atom is -0.425 e. The van der Waals surface area contributed by atoms with E-state index in [9.17, 15) is 18.0 Å². The zero-order chi connectivity index (χ0) is 13.5. The van der Waals surface area contributed by atoms with Crippen molar-refractivity contribution < 1.29 is 22.7 Å². The van der Waals surface area contributed by atoms with Gasteiger partial charge >= 0.3 is 12.1 Å². The summed E-state index contributed by atoms with van der Waals surface area (Å²) in [4.78, 5) is 14.7. The van der Waals surface area contributed by atoms with Crippen molar-refractivity contribution in [2.24, 2.45) is 4.99 Å². The zero-order valence-electron chi connectivity index (χ0n) is 9.71. The minimum absolute atomic E-state index is 0.274. The highest BCUT2D eigenvalue weighted by molar-refractivity contribution is 6.44.